The maximum absolute atomic E-state index is 13.2. The van der Waals surface area contributed by atoms with Gasteiger partial charge in [0.05, 0.1) is 5.75 Å². The van der Waals surface area contributed by atoms with Gasteiger partial charge in [-0.2, -0.15) is 0 Å². The van der Waals surface area contributed by atoms with Crippen LogP contribution in [0.15, 0.2) is 54.6 Å². The fourth-order valence-electron chi connectivity index (χ4n) is 3.27. The lowest BCUT2D eigenvalue weighted by molar-refractivity contribution is -0.138. The predicted octanol–water partition coefficient (Wildman–Crippen LogP) is 5.20. The fraction of sp³-hybridized carbons (Fsp3) is 0.440. The number of halogens is 1. The second-order valence-electron chi connectivity index (χ2n) is 7.97. The van der Waals surface area contributed by atoms with Crippen molar-refractivity contribution < 1.29 is 9.59 Å². The van der Waals surface area contributed by atoms with Gasteiger partial charge in [0, 0.05) is 23.9 Å². The summed E-state index contributed by atoms with van der Waals surface area (Å²) < 4.78 is 0. The summed E-state index contributed by atoms with van der Waals surface area (Å²) in [7, 11) is 0. The number of benzene rings is 2. The van der Waals surface area contributed by atoms with Crippen LogP contribution in [0.3, 0.4) is 0 Å². The van der Waals surface area contributed by atoms with Crippen molar-refractivity contribution in [2.24, 2.45) is 5.92 Å². The van der Waals surface area contributed by atoms with E-state index in [1.54, 1.807) is 4.90 Å². The Morgan fingerprint density at radius 1 is 1.06 bits per heavy atom. The number of carbonyl (C=O) groups excluding carboxylic acids is 2. The molecule has 0 aliphatic carbocycles. The number of nitrogens with zero attached hydrogens (tertiary/aromatic N) is 1. The number of thioether (sulfide) groups is 1. The van der Waals surface area contributed by atoms with Gasteiger partial charge in [0.25, 0.3) is 0 Å². The summed E-state index contributed by atoms with van der Waals surface area (Å²) in [4.78, 5) is 27.8. The number of carbonyl (C=O) groups is 2. The molecule has 4 nitrogen and oxygen atoms in total. The normalized spacial score (nSPS) is 11.9. The van der Waals surface area contributed by atoms with Gasteiger partial charge in [-0.1, -0.05) is 80.9 Å². The second kappa shape index (κ2) is 13.4. The molecule has 2 rings (SSSR count). The molecule has 2 amide bonds. The van der Waals surface area contributed by atoms with Gasteiger partial charge in [-0.05, 0) is 36.0 Å². The van der Waals surface area contributed by atoms with E-state index in [9.17, 15) is 9.59 Å². The number of hydrogen-bond donors (Lipinski definition) is 1. The Morgan fingerprint density at radius 2 is 1.74 bits per heavy atom. The Morgan fingerprint density at radius 3 is 2.39 bits per heavy atom. The van der Waals surface area contributed by atoms with Crippen LogP contribution in [0.1, 0.15) is 38.3 Å². The molecule has 0 bridgehead atoms. The van der Waals surface area contributed by atoms with Crippen molar-refractivity contribution in [2.75, 3.05) is 18.8 Å². The van der Waals surface area contributed by atoms with Gasteiger partial charge < -0.3 is 10.2 Å². The molecule has 1 atom stereocenters. The quantitative estimate of drug-likeness (QED) is 0.473. The van der Waals surface area contributed by atoms with Crippen molar-refractivity contribution in [3.05, 3.63) is 70.7 Å². The molecule has 6 heteroatoms. The van der Waals surface area contributed by atoms with Gasteiger partial charge in [-0.3, -0.25) is 9.59 Å². The van der Waals surface area contributed by atoms with E-state index in [1.165, 1.54) is 11.8 Å². The van der Waals surface area contributed by atoms with Crippen LogP contribution in [-0.2, 0) is 21.8 Å². The topological polar surface area (TPSA) is 49.4 Å². The van der Waals surface area contributed by atoms with Gasteiger partial charge in [-0.25, -0.2) is 0 Å². The van der Waals surface area contributed by atoms with E-state index in [0.717, 1.165) is 17.5 Å². The van der Waals surface area contributed by atoms with Crippen LogP contribution in [0.4, 0.5) is 0 Å². The predicted molar refractivity (Wildman–Crippen MR) is 131 cm³/mol. The Labute approximate surface area is 195 Å². The number of amides is 2. The monoisotopic (exact) mass is 460 g/mol. The van der Waals surface area contributed by atoms with Gasteiger partial charge in [0.2, 0.25) is 11.8 Å². The molecule has 2 aromatic rings. The standard InChI is InChI=1S/C25H33ClN2O2S/c1-4-23(25(30)27-16-19(2)3)28(15-14-20-10-6-5-7-11-20)24(29)18-31-17-21-12-8-9-13-22(21)26/h5-13,19,23H,4,14-18H2,1-3H3,(H,27,30)/t23-/m0/s1. The lowest BCUT2D eigenvalue weighted by atomic mass is 10.1. The third kappa shape index (κ3) is 8.58. The van der Waals surface area contributed by atoms with Gasteiger partial charge >= 0.3 is 0 Å². The average Bonchev–Trinajstić information content (AvgIpc) is 2.76. The van der Waals surface area contributed by atoms with Crippen molar-refractivity contribution in [2.45, 2.75) is 45.4 Å². The first-order chi connectivity index (χ1) is 14.9. The summed E-state index contributed by atoms with van der Waals surface area (Å²) in [6.07, 6.45) is 1.30. The van der Waals surface area contributed by atoms with Crippen LogP contribution in [-0.4, -0.2) is 41.6 Å². The van der Waals surface area contributed by atoms with Gasteiger partial charge in [0.1, 0.15) is 6.04 Å². The van der Waals surface area contributed by atoms with E-state index in [0.29, 0.717) is 42.0 Å². The van der Waals surface area contributed by atoms with E-state index in [2.05, 4.69) is 31.3 Å². The van der Waals surface area contributed by atoms with Crippen molar-refractivity contribution >= 4 is 35.2 Å². The molecule has 0 saturated heterocycles. The largest absolute Gasteiger partial charge is 0.354 e. The van der Waals surface area contributed by atoms with E-state index in [-0.39, 0.29) is 11.8 Å². The highest BCUT2D eigenvalue weighted by atomic mass is 35.5. The molecule has 0 saturated carbocycles. The summed E-state index contributed by atoms with van der Waals surface area (Å²) in [6, 6.07) is 17.3. The molecule has 0 fully saturated rings. The van der Waals surface area contributed by atoms with Crippen LogP contribution in [0.2, 0.25) is 5.02 Å². The summed E-state index contributed by atoms with van der Waals surface area (Å²) in [5.41, 5.74) is 2.17. The Hall–Kier alpha value is -1.98. The first-order valence-electron chi connectivity index (χ1n) is 10.8. The second-order valence-corrected chi connectivity index (χ2v) is 9.36. The van der Waals surface area contributed by atoms with E-state index < -0.39 is 6.04 Å². The van der Waals surface area contributed by atoms with E-state index in [1.807, 2.05) is 49.4 Å². The molecule has 2 aromatic carbocycles. The summed E-state index contributed by atoms with van der Waals surface area (Å²) in [6.45, 7) is 7.20. The molecule has 168 valence electrons. The van der Waals surface area contributed by atoms with E-state index in [4.69, 9.17) is 11.6 Å². The summed E-state index contributed by atoms with van der Waals surface area (Å²) in [5, 5.41) is 3.71. The van der Waals surface area contributed by atoms with Crippen LogP contribution in [0.5, 0.6) is 0 Å². The zero-order chi connectivity index (χ0) is 22.6. The highest BCUT2D eigenvalue weighted by Crippen LogP contribution is 2.21. The highest BCUT2D eigenvalue weighted by molar-refractivity contribution is 7.99. The average molecular weight is 461 g/mol. The fourth-order valence-corrected chi connectivity index (χ4v) is 4.46. The number of nitrogens with one attached hydrogen (secondary N) is 1. The minimum atomic E-state index is -0.462. The van der Waals surface area contributed by atoms with Gasteiger partial charge in [0.15, 0.2) is 0 Å². The molecule has 0 radical (unpaired) electrons. The Balaban J connectivity index is 2.05. The first kappa shape index (κ1) is 25.3. The third-order valence-electron chi connectivity index (χ3n) is 5.00. The Bertz CT molecular complexity index is 829. The lowest BCUT2D eigenvalue weighted by Gasteiger charge is -2.31. The van der Waals surface area contributed by atoms with Crippen LogP contribution in [0, 0.1) is 5.92 Å². The molecule has 0 spiro atoms. The zero-order valence-electron chi connectivity index (χ0n) is 18.6. The lowest BCUT2D eigenvalue weighted by Crippen LogP contribution is -2.51. The highest BCUT2D eigenvalue weighted by Gasteiger charge is 2.28. The van der Waals surface area contributed by atoms with Gasteiger partial charge in [-0.15, -0.1) is 11.8 Å². The van der Waals surface area contributed by atoms with Crippen molar-refractivity contribution in [1.29, 1.82) is 0 Å². The SMILES string of the molecule is CC[C@@H](C(=O)NCC(C)C)N(CCc1ccccc1)C(=O)CSCc1ccccc1Cl. The van der Waals surface area contributed by atoms with Crippen LogP contribution in [0.25, 0.3) is 0 Å². The summed E-state index contributed by atoms with van der Waals surface area (Å²) in [5.74, 6) is 1.25. The number of rotatable bonds is 12. The maximum atomic E-state index is 13.2. The molecular formula is C25H33ClN2O2S. The molecule has 1 N–H and O–H groups in total. The first-order valence-corrected chi connectivity index (χ1v) is 12.4. The van der Waals surface area contributed by atoms with Crippen molar-refractivity contribution in [1.82, 2.24) is 10.2 Å². The molecule has 0 aliphatic rings. The molecule has 0 aromatic heterocycles. The molecule has 0 aliphatic heterocycles. The van der Waals surface area contributed by atoms with Crippen LogP contribution < -0.4 is 5.32 Å². The zero-order valence-corrected chi connectivity index (χ0v) is 20.2. The molecule has 0 unspecified atom stereocenters. The van der Waals surface area contributed by atoms with E-state index >= 15 is 0 Å². The molecular weight excluding hydrogens is 428 g/mol. The van der Waals surface area contributed by atoms with Crippen molar-refractivity contribution in [3.63, 3.8) is 0 Å². The molecule has 0 heterocycles. The third-order valence-corrected chi connectivity index (χ3v) is 6.33. The Kier molecular flexibility index (Phi) is 11.0. The summed E-state index contributed by atoms with van der Waals surface area (Å²) >= 11 is 7.76. The molecule has 31 heavy (non-hydrogen) atoms. The maximum Gasteiger partial charge on any atom is 0.242 e. The number of hydrogen-bond acceptors (Lipinski definition) is 3. The minimum Gasteiger partial charge on any atom is -0.354 e. The smallest absolute Gasteiger partial charge is 0.242 e. The van der Waals surface area contributed by atoms with Crippen molar-refractivity contribution in [3.8, 4) is 0 Å². The van der Waals surface area contributed by atoms with Crippen LogP contribution >= 0.6 is 23.4 Å². The minimum absolute atomic E-state index is 0.0143.